The van der Waals surface area contributed by atoms with Gasteiger partial charge in [-0.3, -0.25) is 14.7 Å². The molecule has 0 radical (unpaired) electrons. The number of aromatic nitrogens is 1. The summed E-state index contributed by atoms with van der Waals surface area (Å²) in [6, 6.07) is 4.65. The molecule has 0 saturated heterocycles. The van der Waals surface area contributed by atoms with Crippen molar-refractivity contribution in [2.75, 3.05) is 4.90 Å². The maximum absolute atomic E-state index is 13.7. The number of amides is 1. The Hall–Kier alpha value is -2.44. The normalized spacial score (nSPS) is 11.2. The lowest BCUT2D eigenvalue weighted by Gasteiger charge is -2.19. The van der Waals surface area contributed by atoms with Gasteiger partial charge < -0.3 is 0 Å². The van der Waals surface area contributed by atoms with E-state index in [2.05, 4.69) is 4.98 Å². The summed E-state index contributed by atoms with van der Waals surface area (Å²) < 4.78 is 51.6. The molecule has 2 aromatic rings. The number of alkyl halides is 3. The van der Waals surface area contributed by atoms with Gasteiger partial charge in [-0.2, -0.15) is 13.2 Å². The molecule has 0 aliphatic rings. The number of pyridine rings is 1. The van der Waals surface area contributed by atoms with Gasteiger partial charge in [-0.05, 0) is 30.3 Å². The molecule has 0 unspecified atom stereocenters. The molecule has 3 nitrogen and oxygen atoms in total. The van der Waals surface area contributed by atoms with Crippen molar-refractivity contribution in [1.29, 1.82) is 0 Å². The molecule has 1 heterocycles. The zero-order valence-corrected chi connectivity index (χ0v) is 9.93. The van der Waals surface area contributed by atoms with Crippen LogP contribution in [-0.2, 0) is 11.0 Å². The molecule has 1 aromatic heterocycles. The summed E-state index contributed by atoms with van der Waals surface area (Å²) in [6.45, 7) is 0. The highest BCUT2D eigenvalue weighted by Crippen LogP contribution is 2.34. The van der Waals surface area contributed by atoms with Crippen molar-refractivity contribution in [3.05, 3.63) is 54.1 Å². The largest absolute Gasteiger partial charge is 0.416 e. The molecule has 1 amide bonds. The van der Waals surface area contributed by atoms with Gasteiger partial charge in [0.15, 0.2) is 0 Å². The minimum Gasteiger partial charge on any atom is -0.281 e. The number of carbonyl (C=O) groups excluding carboxylic acids is 1. The van der Waals surface area contributed by atoms with E-state index < -0.39 is 23.2 Å². The van der Waals surface area contributed by atoms with Crippen LogP contribution in [0.15, 0.2) is 42.7 Å². The number of halogens is 4. The quantitative estimate of drug-likeness (QED) is 0.638. The first-order valence-electron chi connectivity index (χ1n) is 5.45. The van der Waals surface area contributed by atoms with Crippen molar-refractivity contribution in [3.8, 4) is 0 Å². The minimum atomic E-state index is -4.62. The van der Waals surface area contributed by atoms with E-state index in [1.165, 1.54) is 24.5 Å². The van der Waals surface area contributed by atoms with Crippen LogP contribution in [0.2, 0.25) is 0 Å². The van der Waals surface area contributed by atoms with E-state index >= 15 is 0 Å². The highest BCUT2D eigenvalue weighted by molar-refractivity contribution is 5.86. The van der Waals surface area contributed by atoms with Gasteiger partial charge in [-0.15, -0.1) is 0 Å². The third-order valence-corrected chi connectivity index (χ3v) is 2.58. The van der Waals surface area contributed by atoms with Gasteiger partial charge in [-0.1, -0.05) is 0 Å². The van der Waals surface area contributed by atoms with Crippen LogP contribution in [0, 0.1) is 5.82 Å². The number of carbonyl (C=O) groups is 1. The standard InChI is InChI=1S/C13H8F4N2O/c14-11-2-1-9(13(15,16)17)7-12(11)19(8-20)10-3-5-18-6-4-10/h1-8H. The summed E-state index contributed by atoms with van der Waals surface area (Å²) in [6.07, 6.45) is -1.68. The van der Waals surface area contributed by atoms with E-state index in [0.29, 0.717) is 18.2 Å². The Bertz CT molecular complexity index is 614. The van der Waals surface area contributed by atoms with E-state index in [9.17, 15) is 22.4 Å². The van der Waals surface area contributed by atoms with Gasteiger partial charge in [0.25, 0.3) is 0 Å². The predicted molar refractivity (Wildman–Crippen MR) is 63.8 cm³/mol. The van der Waals surface area contributed by atoms with Gasteiger partial charge in [0.1, 0.15) is 5.82 Å². The van der Waals surface area contributed by atoms with Crippen LogP contribution < -0.4 is 4.90 Å². The molecule has 0 aliphatic carbocycles. The Balaban J connectivity index is 2.52. The number of rotatable bonds is 3. The SMILES string of the molecule is O=CN(c1ccncc1)c1cc(C(F)(F)F)ccc1F. The number of hydrogen-bond acceptors (Lipinski definition) is 2. The molecule has 0 saturated carbocycles. The first-order valence-corrected chi connectivity index (χ1v) is 5.45. The Morgan fingerprint density at radius 2 is 1.75 bits per heavy atom. The van der Waals surface area contributed by atoms with E-state index in [4.69, 9.17) is 0 Å². The highest BCUT2D eigenvalue weighted by Gasteiger charge is 2.31. The summed E-state index contributed by atoms with van der Waals surface area (Å²) in [5, 5.41) is 0. The van der Waals surface area contributed by atoms with Gasteiger partial charge >= 0.3 is 6.18 Å². The van der Waals surface area contributed by atoms with Crippen molar-refractivity contribution in [2.24, 2.45) is 0 Å². The molecule has 0 fully saturated rings. The number of anilines is 2. The lowest BCUT2D eigenvalue weighted by atomic mass is 10.1. The molecule has 0 N–H and O–H groups in total. The average molecular weight is 284 g/mol. The smallest absolute Gasteiger partial charge is 0.281 e. The van der Waals surface area contributed by atoms with Crippen LogP contribution >= 0.6 is 0 Å². The van der Waals surface area contributed by atoms with Crippen molar-refractivity contribution in [3.63, 3.8) is 0 Å². The van der Waals surface area contributed by atoms with Crippen LogP contribution in [0.4, 0.5) is 28.9 Å². The van der Waals surface area contributed by atoms with E-state index in [1.54, 1.807) is 0 Å². The van der Waals surface area contributed by atoms with Crippen molar-refractivity contribution in [2.45, 2.75) is 6.18 Å². The zero-order chi connectivity index (χ0) is 14.8. The zero-order valence-electron chi connectivity index (χ0n) is 9.93. The first-order chi connectivity index (χ1) is 9.43. The van der Waals surface area contributed by atoms with Crippen LogP contribution in [-0.4, -0.2) is 11.4 Å². The number of nitrogens with zero attached hydrogens (tertiary/aromatic N) is 2. The lowest BCUT2D eigenvalue weighted by Crippen LogP contribution is -2.17. The fourth-order valence-electron chi connectivity index (χ4n) is 1.63. The fourth-order valence-corrected chi connectivity index (χ4v) is 1.63. The summed E-state index contributed by atoms with van der Waals surface area (Å²) in [7, 11) is 0. The minimum absolute atomic E-state index is 0.216. The third kappa shape index (κ3) is 2.76. The molecule has 0 aliphatic heterocycles. The summed E-state index contributed by atoms with van der Waals surface area (Å²) >= 11 is 0. The van der Waals surface area contributed by atoms with Crippen molar-refractivity contribution >= 4 is 17.8 Å². The maximum atomic E-state index is 13.7. The van der Waals surface area contributed by atoms with Gasteiger partial charge in [-0.25, -0.2) is 4.39 Å². The average Bonchev–Trinajstić information content (AvgIpc) is 2.41. The van der Waals surface area contributed by atoms with E-state index in [1.807, 2.05) is 0 Å². The van der Waals surface area contributed by atoms with Crippen LogP contribution in [0.3, 0.4) is 0 Å². The topological polar surface area (TPSA) is 33.2 Å². The van der Waals surface area contributed by atoms with Gasteiger partial charge in [0.05, 0.1) is 16.9 Å². The molecule has 7 heteroatoms. The molecule has 1 aromatic carbocycles. The molecule has 0 atom stereocenters. The van der Waals surface area contributed by atoms with Crippen LogP contribution in [0.1, 0.15) is 5.56 Å². The van der Waals surface area contributed by atoms with E-state index in [-0.39, 0.29) is 12.1 Å². The maximum Gasteiger partial charge on any atom is 0.416 e. The number of benzene rings is 1. The Labute approximate surface area is 111 Å². The Morgan fingerprint density at radius 3 is 2.30 bits per heavy atom. The summed E-state index contributed by atoms with van der Waals surface area (Å²) in [5.74, 6) is -0.929. The van der Waals surface area contributed by atoms with Crippen LogP contribution in [0.5, 0.6) is 0 Å². The molecule has 2 rings (SSSR count). The van der Waals surface area contributed by atoms with Crippen molar-refractivity contribution < 1.29 is 22.4 Å². The third-order valence-electron chi connectivity index (χ3n) is 2.58. The molecule has 20 heavy (non-hydrogen) atoms. The van der Waals surface area contributed by atoms with Crippen molar-refractivity contribution in [1.82, 2.24) is 4.98 Å². The molecule has 104 valence electrons. The Morgan fingerprint density at radius 1 is 1.10 bits per heavy atom. The first kappa shape index (κ1) is 14.0. The second-order valence-electron chi connectivity index (χ2n) is 3.84. The van der Waals surface area contributed by atoms with E-state index in [0.717, 1.165) is 4.90 Å². The Kier molecular flexibility index (Phi) is 3.69. The monoisotopic (exact) mass is 284 g/mol. The number of hydrogen-bond donors (Lipinski definition) is 0. The molecule has 0 spiro atoms. The van der Waals surface area contributed by atoms with Gasteiger partial charge in [0, 0.05) is 12.4 Å². The molecule has 0 bridgehead atoms. The summed E-state index contributed by atoms with van der Waals surface area (Å²) in [5.41, 5.74) is -1.29. The van der Waals surface area contributed by atoms with Gasteiger partial charge in [0.2, 0.25) is 6.41 Å². The molecular formula is C13H8F4N2O. The second-order valence-corrected chi connectivity index (χ2v) is 3.84. The predicted octanol–water partition coefficient (Wildman–Crippen LogP) is 3.53. The lowest BCUT2D eigenvalue weighted by molar-refractivity contribution is -0.137. The summed E-state index contributed by atoms with van der Waals surface area (Å²) in [4.78, 5) is 15.6. The highest BCUT2D eigenvalue weighted by atomic mass is 19.4. The second kappa shape index (κ2) is 5.28. The fraction of sp³-hybridized carbons (Fsp3) is 0.0769. The molecular weight excluding hydrogens is 276 g/mol. The van der Waals surface area contributed by atoms with Crippen LogP contribution in [0.25, 0.3) is 0 Å².